The van der Waals surface area contributed by atoms with Gasteiger partial charge in [0.2, 0.25) is 12.7 Å². The quantitative estimate of drug-likeness (QED) is 0.541. The first-order valence-electron chi connectivity index (χ1n) is 9.71. The van der Waals surface area contributed by atoms with Crippen LogP contribution < -0.4 is 24.7 Å². The van der Waals surface area contributed by atoms with E-state index in [1.807, 2.05) is 12.1 Å². The standard InChI is InChI=1S/C24H16BrFN2O4/c25-14-4-5-19(29-11-13-2-1-3-15(26)6-13)16(7-14)23-17-8-21-22(31-12-30-21)9-20(17)32-24(28)18(23)10-27/h1-9,23H,11-12,28H2/t23-/m0/s1. The molecule has 0 radical (unpaired) electrons. The first kappa shape index (κ1) is 20.2. The molecule has 3 aromatic carbocycles. The largest absolute Gasteiger partial charge is 0.489 e. The second kappa shape index (κ2) is 8.09. The molecule has 3 aromatic rings. The lowest BCUT2D eigenvalue weighted by Crippen LogP contribution is -2.21. The van der Waals surface area contributed by atoms with Crippen LogP contribution in [0.5, 0.6) is 23.0 Å². The van der Waals surface area contributed by atoms with E-state index >= 15 is 0 Å². The zero-order valence-electron chi connectivity index (χ0n) is 16.6. The second-order valence-corrected chi connectivity index (χ2v) is 8.18. The highest BCUT2D eigenvalue weighted by atomic mass is 79.9. The lowest BCUT2D eigenvalue weighted by Gasteiger charge is -2.28. The molecule has 0 spiro atoms. The van der Waals surface area contributed by atoms with Gasteiger partial charge in [-0.1, -0.05) is 28.1 Å². The second-order valence-electron chi connectivity index (χ2n) is 7.27. The monoisotopic (exact) mass is 494 g/mol. The summed E-state index contributed by atoms with van der Waals surface area (Å²) in [5.41, 5.74) is 8.47. The zero-order chi connectivity index (χ0) is 22.2. The van der Waals surface area contributed by atoms with Crippen LogP contribution in [0.2, 0.25) is 0 Å². The predicted molar refractivity (Wildman–Crippen MR) is 117 cm³/mol. The Morgan fingerprint density at radius 2 is 1.88 bits per heavy atom. The van der Waals surface area contributed by atoms with E-state index in [0.29, 0.717) is 39.7 Å². The number of fused-ring (bicyclic) bond motifs is 2. The summed E-state index contributed by atoms with van der Waals surface area (Å²) in [4.78, 5) is 0. The number of hydrogen-bond acceptors (Lipinski definition) is 6. The highest BCUT2D eigenvalue weighted by molar-refractivity contribution is 9.10. The van der Waals surface area contributed by atoms with Gasteiger partial charge >= 0.3 is 0 Å². The summed E-state index contributed by atoms with van der Waals surface area (Å²) in [6, 6.07) is 17.4. The summed E-state index contributed by atoms with van der Waals surface area (Å²) >= 11 is 3.50. The summed E-state index contributed by atoms with van der Waals surface area (Å²) < 4.78 is 37.2. The Kier molecular flexibility index (Phi) is 5.11. The van der Waals surface area contributed by atoms with Gasteiger partial charge in [-0.15, -0.1) is 0 Å². The number of ether oxygens (including phenoxy) is 4. The summed E-state index contributed by atoms with van der Waals surface area (Å²) in [5, 5.41) is 9.89. The Hall–Kier alpha value is -3.70. The van der Waals surface area contributed by atoms with Gasteiger partial charge in [-0.05, 0) is 42.0 Å². The molecule has 2 aliphatic rings. The molecule has 2 N–H and O–H groups in total. The number of nitriles is 1. The molecule has 6 nitrogen and oxygen atoms in total. The molecule has 0 bridgehead atoms. The molecule has 8 heteroatoms. The van der Waals surface area contributed by atoms with E-state index in [0.717, 1.165) is 4.47 Å². The van der Waals surface area contributed by atoms with Gasteiger partial charge in [-0.25, -0.2) is 4.39 Å². The molecule has 0 saturated heterocycles. The van der Waals surface area contributed by atoms with Gasteiger partial charge in [-0.2, -0.15) is 5.26 Å². The molecule has 1 atom stereocenters. The first-order valence-corrected chi connectivity index (χ1v) is 10.5. The van der Waals surface area contributed by atoms with Crippen LogP contribution in [0, 0.1) is 17.1 Å². The molecule has 0 unspecified atom stereocenters. The normalized spacial score (nSPS) is 16.2. The van der Waals surface area contributed by atoms with Crippen LogP contribution in [0.3, 0.4) is 0 Å². The van der Waals surface area contributed by atoms with Crippen molar-refractivity contribution in [2.24, 2.45) is 5.73 Å². The van der Waals surface area contributed by atoms with Crippen LogP contribution in [0.4, 0.5) is 4.39 Å². The van der Waals surface area contributed by atoms with Gasteiger partial charge < -0.3 is 24.7 Å². The minimum absolute atomic E-state index is 0.0138. The van der Waals surface area contributed by atoms with Crippen LogP contribution in [0.25, 0.3) is 0 Å². The van der Waals surface area contributed by atoms with E-state index in [1.54, 1.807) is 30.3 Å². The maximum atomic E-state index is 13.6. The molecule has 2 aliphatic heterocycles. The number of benzene rings is 3. The summed E-state index contributed by atoms with van der Waals surface area (Å²) in [6.07, 6.45) is 0. The molecule has 32 heavy (non-hydrogen) atoms. The third kappa shape index (κ3) is 3.61. The molecule has 5 rings (SSSR count). The number of halogens is 2. The Morgan fingerprint density at radius 3 is 2.66 bits per heavy atom. The van der Waals surface area contributed by atoms with Crippen LogP contribution in [0.15, 0.2) is 70.5 Å². The highest BCUT2D eigenvalue weighted by Crippen LogP contribution is 2.49. The number of allylic oxidation sites excluding steroid dienone is 1. The Labute approximate surface area is 191 Å². The maximum Gasteiger partial charge on any atom is 0.231 e. The fraction of sp³-hybridized carbons (Fsp3) is 0.125. The average Bonchev–Trinajstić information content (AvgIpc) is 3.23. The number of nitrogens with two attached hydrogens (primary N) is 1. The van der Waals surface area contributed by atoms with E-state index in [2.05, 4.69) is 22.0 Å². The van der Waals surface area contributed by atoms with Crippen molar-refractivity contribution in [2.45, 2.75) is 12.5 Å². The Balaban J connectivity index is 1.60. The van der Waals surface area contributed by atoms with Crippen molar-refractivity contribution < 1.29 is 23.3 Å². The van der Waals surface area contributed by atoms with Crippen molar-refractivity contribution in [3.63, 3.8) is 0 Å². The molecule has 0 aliphatic carbocycles. The molecule has 0 saturated carbocycles. The average molecular weight is 495 g/mol. The molecule has 0 fully saturated rings. The lowest BCUT2D eigenvalue weighted by atomic mass is 9.83. The molecule has 2 heterocycles. The predicted octanol–water partition coefficient (Wildman–Crippen LogP) is 5.11. The molecule has 0 amide bonds. The zero-order valence-corrected chi connectivity index (χ0v) is 18.2. The SMILES string of the molecule is N#CC1=C(N)Oc2cc3c(cc2[C@@H]1c1cc(Br)ccc1OCc1cccc(F)c1)OCO3. The van der Waals surface area contributed by atoms with Crippen molar-refractivity contribution in [3.05, 3.63) is 93.0 Å². The van der Waals surface area contributed by atoms with Crippen molar-refractivity contribution in [1.29, 1.82) is 5.26 Å². The van der Waals surface area contributed by atoms with E-state index in [1.165, 1.54) is 12.1 Å². The fourth-order valence-corrected chi connectivity index (χ4v) is 4.21. The van der Waals surface area contributed by atoms with Crippen LogP contribution >= 0.6 is 15.9 Å². The van der Waals surface area contributed by atoms with Crippen LogP contribution in [0.1, 0.15) is 22.6 Å². The third-order valence-electron chi connectivity index (χ3n) is 5.28. The van der Waals surface area contributed by atoms with Crippen molar-refractivity contribution >= 4 is 15.9 Å². The fourth-order valence-electron chi connectivity index (χ4n) is 3.83. The number of rotatable bonds is 4. The Morgan fingerprint density at radius 1 is 1.06 bits per heavy atom. The van der Waals surface area contributed by atoms with Gasteiger partial charge in [0.05, 0.1) is 5.92 Å². The lowest BCUT2D eigenvalue weighted by molar-refractivity contribution is 0.174. The summed E-state index contributed by atoms with van der Waals surface area (Å²) in [5.74, 6) is 1.25. The minimum atomic E-state index is -0.557. The van der Waals surface area contributed by atoms with E-state index in [9.17, 15) is 9.65 Å². The topological polar surface area (TPSA) is 86.7 Å². The number of nitrogens with zero attached hydrogens (tertiary/aromatic N) is 1. The van der Waals surface area contributed by atoms with E-state index in [-0.39, 0.29) is 30.7 Å². The third-order valence-corrected chi connectivity index (χ3v) is 5.77. The van der Waals surface area contributed by atoms with Crippen LogP contribution in [-0.4, -0.2) is 6.79 Å². The first-order chi connectivity index (χ1) is 15.5. The van der Waals surface area contributed by atoms with E-state index < -0.39 is 5.92 Å². The van der Waals surface area contributed by atoms with Crippen molar-refractivity contribution in [2.75, 3.05) is 6.79 Å². The maximum absolute atomic E-state index is 13.6. The molecule has 160 valence electrons. The van der Waals surface area contributed by atoms with Gasteiger partial charge in [0.15, 0.2) is 11.5 Å². The summed E-state index contributed by atoms with van der Waals surface area (Å²) in [6.45, 7) is 0.264. The summed E-state index contributed by atoms with van der Waals surface area (Å²) in [7, 11) is 0. The van der Waals surface area contributed by atoms with Gasteiger partial charge in [-0.3, -0.25) is 0 Å². The molecular formula is C24H16BrFN2O4. The minimum Gasteiger partial charge on any atom is -0.489 e. The van der Waals surface area contributed by atoms with Crippen molar-refractivity contribution in [1.82, 2.24) is 0 Å². The van der Waals surface area contributed by atoms with Gasteiger partial charge in [0, 0.05) is 21.7 Å². The van der Waals surface area contributed by atoms with E-state index in [4.69, 9.17) is 24.7 Å². The smallest absolute Gasteiger partial charge is 0.231 e. The highest BCUT2D eigenvalue weighted by Gasteiger charge is 2.35. The Bertz CT molecular complexity index is 1300. The molecule has 0 aromatic heterocycles. The van der Waals surface area contributed by atoms with Gasteiger partial charge in [0.25, 0.3) is 0 Å². The van der Waals surface area contributed by atoms with Crippen molar-refractivity contribution in [3.8, 4) is 29.1 Å². The number of hydrogen-bond donors (Lipinski definition) is 1. The van der Waals surface area contributed by atoms with Gasteiger partial charge in [0.1, 0.15) is 35.6 Å². The molecular weight excluding hydrogens is 479 g/mol. The van der Waals surface area contributed by atoms with Crippen LogP contribution in [-0.2, 0) is 6.61 Å².